The number of hydrogen-bond acceptors (Lipinski definition) is 3. The zero-order valence-corrected chi connectivity index (χ0v) is 13.6. The minimum Gasteiger partial charge on any atom is -0.352 e. The molecule has 0 fully saturated rings. The molecule has 0 aromatic heterocycles. The SMILES string of the molecule is CCC(CC)NC(=O)C(C)N(CC)CC(C)(C)CN. The van der Waals surface area contributed by atoms with E-state index in [4.69, 9.17) is 5.73 Å². The van der Waals surface area contributed by atoms with Crippen LogP contribution in [-0.2, 0) is 4.79 Å². The molecule has 0 radical (unpaired) electrons. The summed E-state index contributed by atoms with van der Waals surface area (Å²) in [6.45, 7) is 14.9. The van der Waals surface area contributed by atoms with Gasteiger partial charge in [0.2, 0.25) is 5.91 Å². The summed E-state index contributed by atoms with van der Waals surface area (Å²) in [5.74, 6) is 0.128. The van der Waals surface area contributed by atoms with Crippen LogP contribution in [0.1, 0.15) is 54.4 Å². The van der Waals surface area contributed by atoms with E-state index in [1.807, 2.05) is 6.92 Å². The number of carbonyl (C=O) groups is 1. The molecule has 0 aromatic rings. The summed E-state index contributed by atoms with van der Waals surface area (Å²) in [7, 11) is 0. The first-order valence-corrected chi connectivity index (χ1v) is 7.55. The van der Waals surface area contributed by atoms with Gasteiger partial charge < -0.3 is 11.1 Å². The average molecular weight is 271 g/mol. The third-order valence-electron chi connectivity index (χ3n) is 3.85. The molecule has 114 valence electrons. The van der Waals surface area contributed by atoms with Crippen LogP contribution in [0.15, 0.2) is 0 Å². The van der Waals surface area contributed by atoms with Gasteiger partial charge in [-0.1, -0.05) is 34.6 Å². The molecule has 3 N–H and O–H groups in total. The predicted octanol–water partition coefficient (Wildman–Crippen LogP) is 1.99. The lowest BCUT2D eigenvalue weighted by molar-refractivity contribution is -0.127. The molecule has 0 aromatic carbocycles. The van der Waals surface area contributed by atoms with E-state index in [1.54, 1.807) is 0 Å². The van der Waals surface area contributed by atoms with E-state index in [9.17, 15) is 4.79 Å². The number of nitrogens with two attached hydrogens (primary N) is 1. The Morgan fingerprint density at radius 1 is 1.26 bits per heavy atom. The maximum absolute atomic E-state index is 12.3. The first-order valence-electron chi connectivity index (χ1n) is 7.55. The van der Waals surface area contributed by atoms with Crippen LogP contribution in [0.4, 0.5) is 0 Å². The van der Waals surface area contributed by atoms with Gasteiger partial charge in [-0.2, -0.15) is 0 Å². The number of nitrogens with zero attached hydrogens (tertiary/aromatic N) is 1. The van der Waals surface area contributed by atoms with Gasteiger partial charge in [-0.15, -0.1) is 0 Å². The van der Waals surface area contributed by atoms with Crippen molar-refractivity contribution in [3.05, 3.63) is 0 Å². The molecular formula is C15H33N3O. The summed E-state index contributed by atoms with van der Waals surface area (Å²) in [5, 5.41) is 3.12. The molecule has 0 spiro atoms. The molecule has 0 saturated carbocycles. The van der Waals surface area contributed by atoms with Crippen molar-refractivity contribution >= 4 is 5.91 Å². The van der Waals surface area contributed by atoms with E-state index in [-0.39, 0.29) is 23.4 Å². The topological polar surface area (TPSA) is 58.4 Å². The van der Waals surface area contributed by atoms with Crippen LogP contribution < -0.4 is 11.1 Å². The van der Waals surface area contributed by atoms with Crippen molar-refractivity contribution in [3.8, 4) is 0 Å². The van der Waals surface area contributed by atoms with Gasteiger partial charge in [0.1, 0.15) is 0 Å². The Labute approximate surface area is 119 Å². The van der Waals surface area contributed by atoms with Crippen LogP contribution in [0.2, 0.25) is 0 Å². The van der Waals surface area contributed by atoms with Crippen molar-refractivity contribution in [1.82, 2.24) is 10.2 Å². The van der Waals surface area contributed by atoms with Gasteiger partial charge in [0, 0.05) is 12.6 Å². The van der Waals surface area contributed by atoms with E-state index in [0.717, 1.165) is 25.9 Å². The first kappa shape index (κ1) is 18.4. The summed E-state index contributed by atoms with van der Waals surface area (Å²) in [6, 6.07) is 0.188. The molecule has 0 aliphatic carbocycles. The fourth-order valence-corrected chi connectivity index (χ4v) is 2.12. The lowest BCUT2D eigenvalue weighted by Gasteiger charge is -2.35. The smallest absolute Gasteiger partial charge is 0.237 e. The van der Waals surface area contributed by atoms with Crippen molar-refractivity contribution in [1.29, 1.82) is 0 Å². The lowest BCUT2D eigenvalue weighted by atomic mass is 9.92. The van der Waals surface area contributed by atoms with E-state index in [1.165, 1.54) is 0 Å². The van der Waals surface area contributed by atoms with Gasteiger partial charge in [0.25, 0.3) is 0 Å². The second-order valence-corrected chi connectivity index (χ2v) is 6.13. The molecule has 19 heavy (non-hydrogen) atoms. The minimum absolute atomic E-state index is 0.0411. The Bertz CT molecular complexity index is 262. The van der Waals surface area contributed by atoms with Crippen LogP contribution in [0.3, 0.4) is 0 Å². The fraction of sp³-hybridized carbons (Fsp3) is 0.933. The van der Waals surface area contributed by atoms with E-state index < -0.39 is 0 Å². The Balaban J connectivity index is 4.57. The number of amides is 1. The van der Waals surface area contributed by atoms with Crippen LogP contribution in [0, 0.1) is 5.41 Å². The van der Waals surface area contributed by atoms with Crippen LogP contribution >= 0.6 is 0 Å². The molecule has 4 heteroatoms. The summed E-state index contributed by atoms with van der Waals surface area (Å²) < 4.78 is 0. The van der Waals surface area contributed by atoms with Gasteiger partial charge in [0.05, 0.1) is 6.04 Å². The number of hydrogen-bond donors (Lipinski definition) is 2. The van der Waals surface area contributed by atoms with Gasteiger partial charge in [-0.3, -0.25) is 9.69 Å². The molecule has 0 saturated heterocycles. The molecule has 0 rings (SSSR count). The summed E-state index contributed by atoms with van der Waals surface area (Å²) in [5.41, 5.74) is 5.82. The Morgan fingerprint density at radius 3 is 2.16 bits per heavy atom. The Kier molecular flexibility index (Phi) is 8.26. The predicted molar refractivity (Wildman–Crippen MR) is 82.1 cm³/mol. The van der Waals surface area contributed by atoms with Crippen molar-refractivity contribution < 1.29 is 4.79 Å². The van der Waals surface area contributed by atoms with Gasteiger partial charge in [0.15, 0.2) is 0 Å². The van der Waals surface area contributed by atoms with E-state index >= 15 is 0 Å². The number of carbonyl (C=O) groups excluding carboxylic acids is 1. The highest BCUT2D eigenvalue weighted by Gasteiger charge is 2.26. The highest BCUT2D eigenvalue weighted by Crippen LogP contribution is 2.16. The monoisotopic (exact) mass is 271 g/mol. The molecule has 4 nitrogen and oxygen atoms in total. The van der Waals surface area contributed by atoms with Crippen molar-refractivity contribution in [2.24, 2.45) is 11.1 Å². The Hall–Kier alpha value is -0.610. The molecule has 0 aliphatic rings. The zero-order chi connectivity index (χ0) is 15.1. The average Bonchev–Trinajstić information content (AvgIpc) is 2.41. The third kappa shape index (κ3) is 6.39. The van der Waals surface area contributed by atoms with E-state index in [0.29, 0.717) is 6.54 Å². The number of likely N-dealkylation sites (N-methyl/N-ethyl adjacent to an activating group) is 1. The first-order chi connectivity index (χ1) is 8.81. The van der Waals surface area contributed by atoms with Gasteiger partial charge in [-0.25, -0.2) is 0 Å². The van der Waals surface area contributed by atoms with E-state index in [2.05, 4.69) is 44.8 Å². The molecule has 1 unspecified atom stereocenters. The lowest BCUT2D eigenvalue weighted by Crippen LogP contribution is -2.51. The molecule has 1 amide bonds. The largest absolute Gasteiger partial charge is 0.352 e. The quantitative estimate of drug-likeness (QED) is 0.674. The van der Waals surface area contributed by atoms with Crippen molar-refractivity contribution in [2.75, 3.05) is 19.6 Å². The number of rotatable bonds is 9. The molecule has 1 atom stereocenters. The highest BCUT2D eigenvalue weighted by atomic mass is 16.2. The Morgan fingerprint density at radius 2 is 1.79 bits per heavy atom. The summed E-state index contributed by atoms with van der Waals surface area (Å²) >= 11 is 0. The minimum atomic E-state index is -0.101. The maximum Gasteiger partial charge on any atom is 0.237 e. The molecule has 0 aliphatic heterocycles. The van der Waals surface area contributed by atoms with Crippen LogP contribution in [0.25, 0.3) is 0 Å². The third-order valence-corrected chi connectivity index (χ3v) is 3.85. The van der Waals surface area contributed by atoms with Crippen molar-refractivity contribution in [2.45, 2.75) is 66.5 Å². The summed E-state index contributed by atoms with van der Waals surface area (Å²) in [6.07, 6.45) is 1.96. The normalized spacial score (nSPS) is 13.9. The van der Waals surface area contributed by atoms with Crippen LogP contribution in [-0.4, -0.2) is 42.5 Å². The standard InChI is InChI=1S/C15H33N3O/c1-7-13(8-2)17-14(19)12(4)18(9-3)11-15(5,6)10-16/h12-13H,7-11,16H2,1-6H3,(H,17,19). The molecule has 0 heterocycles. The molecular weight excluding hydrogens is 238 g/mol. The zero-order valence-electron chi connectivity index (χ0n) is 13.6. The molecule has 0 bridgehead atoms. The second-order valence-electron chi connectivity index (χ2n) is 6.13. The van der Waals surface area contributed by atoms with Gasteiger partial charge >= 0.3 is 0 Å². The second kappa shape index (κ2) is 8.54. The van der Waals surface area contributed by atoms with Crippen LogP contribution in [0.5, 0.6) is 0 Å². The highest BCUT2D eigenvalue weighted by molar-refractivity contribution is 5.81. The fourth-order valence-electron chi connectivity index (χ4n) is 2.12. The summed E-state index contributed by atoms with van der Waals surface area (Å²) in [4.78, 5) is 14.5. The maximum atomic E-state index is 12.3. The number of nitrogens with one attached hydrogen (secondary N) is 1. The van der Waals surface area contributed by atoms with Crippen molar-refractivity contribution in [3.63, 3.8) is 0 Å². The van der Waals surface area contributed by atoms with Gasteiger partial charge in [-0.05, 0) is 38.3 Å².